The Morgan fingerprint density at radius 1 is 1.11 bits per heavy atom. The standard InChI is InChI=1S/C14H20N2.2ClH/c1-2-4-13(5-3-1)10-16-9-8-15-11-14(12-16)6-7-14;;/h1-5,15H,6-12H2;2*1H. The second-order valence-corrected chi connectivity index (χ2v) is 5.37. The Hall–Kier alpha value is -0.280. The molecule has 0 radical (unpaired) electrons. The van der Waals surface area contributed by atoms with E-state index in [9.17, 15) is 0 Å². The molecule has 2 nitrogen and oxygen atoms in total. The van der Waals surface area contributed by atoms with Crippen molar-refractivity contribution in [1.82, 2.24) is 10.2 Å². The Morgan fingerprint density at radius 3 is 2.50 bits per heavy atom. The average molecular weight is 289 g/mol. The number of halogens is 2. The van der Waals surface area contributed by atoms with Gasteiger partial charge in [0, 0.05) is 32.7 Å². The minimum Gasteiger partial charge on any atom is -0.315 e. The molecule has 2 aliphatic rings. The monoisotopic (exact) mass is 288 g/mol. The maximum atomic E-state index is 3.57. The van der Waals surface area contributed by atoms with Gasteiger partial charge in [0.25, 0.3) is 0 Å². The highest BCUT2D eigenvalue weighted by Gasteiger charge is 2.44. The van der Waals surface area contributed by atoms with Crippen LogP contribution in [-0.2, 0) is 6.54 Å². The molecule has 1 N–H and O–H groups in total. The molecule has 4 heteroatoms. The zero-order valence-electron chi connectivity index (χ0n) is 10.6. The summed E-state index contributed by atoms with van der Waals surface area (Å²) in [5.41, 5.74) is 2.07. The molecule has 1 saturated carbocycles. The van der Waals surface area contributed by atoms with Crippen LogP contribution in [0, 0.1) is 5.41 Å². The summed E-state index contributed by atoms with van der Waals surface area (Å²) in [5.74, 6) is 0. The molecule has 1 heterocycles. The molecule has 1 saturated heterocycles. The number of rotatable bonds is 2. The van der Waals surface area contributed by atoms with E-state index < -0.39 is 0 Å². The molecular formula is C14H22Cl2N2. The van der Waals surface area contributed by atoms with Gasteiger partial charge in [-0.25, -0.2) is 0 Å². The molecule has 0 unspecified atom stereocenters. The van der Waals surface area contributed by atoms with Gasteiger partial charge in [0.2, 0.25) is 0 Å². The summed E-state index contributed by atoms with van der Waals surface area (Å²) in [6, 6.07) is 10.8. The first kappa shape index (κ1) is 15.8. The van der Waals surface area contributed by atoms with Crippen molar-refractivity contribution in [3.63, 3.8) is 0 Å². The molecule has 1 spiro atoms. The molecular weight excluding hydrogens is 267 g/mol. The maximum absolute atomic E-state index is 3.57. The van der Waals surface area contributed by atoms with Gasteiger partial charge in [-0.3, -0.25) is 4.90 Å². The molecule has 2 fully saturated rings. The molecule has 1 aromatic carbocycles. The average Bonchev–Trinajstić information content (AvgIpc) is 3.09. The first-order valence-electron chi connectivity index (χ1n) is 6.33. The van der Waals surface area contributed by atoms with Crippen molar-refractivity contribution in [2.75, 3.05) is 26.2 Å². The zero-order valence-corrected chi connectivity index (χ0v) is 12.2. The Morgan fingerprint density at radius 2 is 1.83 bits per heavy atom. The van der Waals surface area contributed by atoms with Crippen LogP contribution in [0.5, 0.6) is 0 Å². The molecule has 0 atom stereocenters. The molecule has 1 aliphatic carbocycles. The van der Waals surface area contributed by atoms with Gasteiger partial charge in [0.05, 0.1) is 0 Å². The SMILES string of the molecule is Cl.Cl.c1ccc(CN2CCNCC3(CC3)C2)cc1. The van der Waals surface area contributed by atoms with Crippen LogP contribution in [0.2, 0.25) is 0 Å². The van der Waals surface area contributed by atoms with Crippen LogP contribution in [0.3, 0.4) is 0 Å². The van der Waals surface area contributed by atoms with Crippen molar-refractivity contribution < 1.29 is 0 Å². The molecule has 0 aromatic heterocycles. The van der Waals surface area contributed by atoms with Crippen LogP contribution in [0.25, 0.3) is 0 Å². The topological polar surface area (TPSA) is 15.3 Å². The van der Waals surface area contributed by atoms with Crippen molar-refractivity contribution in [1.29, 1.82) is 0 Å². The number of hydrogen-bond donors (Lipinski definition) is 1. The Bertz CT molecular complexity index is 352. The van der Waals surface area contributed by atoms with Crippen LogP contribution in [0.15, 0.2) is 30.3 Å². The van der Waals surface area contributed by atoms with E-state index in [2.05, 4.69) is 40.5 Å². The van der Waals surface area contributed by atoms with Crippen molar-refractivity contribution in [2.24, 2.45) is 5.41 Å². The molecule has 1 aliphatic heterocycles. The summed E-state index contributed by atoms with van der Waals surface area (Å²) in [4.78, 5) is 2.61. The summed E-state index contributed by atoms with van der Waals surface area (Å²) in [7, 11) is 0. The largest absolute Gasteiger partial charge is 0.315 e. The van der Waals surface area contributed by atoms with Crippen LogP contribution >= 0.6 is 24.8 Å². The van der Waals surface area contributed by atoms with Crippen LogP contribution in [-0.4, -0.2) is 31.1 Å². The minimum atomic E-state index is 0. The van der Waals surface area contributed by atoms with Gasteiger partial charge in [0.15, 0.2) is 0 Å². The third kappa shape index (κ3) is 3.86. The summed E-state index contributed by atoms with van der Waals surface area (Å²) >= 11 is 0. The van der Waals surface area contributed by atoms with Gasteiger partial charge < -0.3 is 5.32 Å². The maximum Gasteiger partial charge on any atom is 0.0234 e. The van der Waals surface area contributed by atoms with Crippen LogP contribution in [0.1, 0.15) is 18.4 Å². The lowest BCUT2D eigenvalue weighted by molar-refractivity contribution is 0.240. The van der Waals surface area contributed by atoms with E-state index in [0.29, 0.717) is 5.41 Å². The molecule has 0 bridgehead atoms. The lowest BCUT2D eigenvalue weighted by Crippen LogP contribution is -2.30. The van der Waals surface area contributed by atoms with E-state index in [1.807, 2.05) is 0 Å². The number of nitrogens with one attached hydrogen (secondary N) is 1. The Kier molecular flexibility index (Phi) is 5.93. The summed E-state index contributed by atoms with van der Waals surface area (Å²) < 4.78 is 0. The first-order valence-corrected chi connectivity index (χ1v) is 6.33. The number of hydrogen-bond acceptors (Lipinski definition) is 2. The van der Waals surface area contributed by atoms with E-state index in [4.69, 9.17) is 0 Å². The fourth-order valence-electron chi connectivity index (χ4n) is 2.69. The highest BCUT2D eigenvalue weighted by Crippen LogP contribution is 2.46. The third-order valence-corrected chi connectivity index (χ3v) is 3.87. The highest BCUT2D eigenvalue weighted by atomic mass is 35.5. The Labute approximate surface area is 122 Å². The van der Waals surface area contributed by atoms with Gasteiger partial charge in [-0.1, -0.05) is 30.3 Å². The van der Waals surface area contributed by atoms with Gasteiger partial charge in [-0.2, -0.15) is 0 Å². The predicted octanol–water partition coefficient (Wildman–Crippen LogP) is 2.72. The predicted molar refractivity (Wildman–Crippen MR) is 80.8 cm³/mol. The minimum absolute atomic E-state index is 0. The first-order chi connectivity index (χ1) is 7.86. The molecule has 1 aromatic rings. The molecule has 102 valence electrons. The molecule has 0 amide bonds. The second-order valence-electron chi connectivity index (χ2n) is 5.37. The van der Waals surface area contributed by atoms with E-state index in [0.717, 1.165) is 13.1 Å². The molecule has 3 rings (SSSR count). The van der Waals surface area contributed by atoms with Gasteiger partial charge in [-0.15, -0.1) is 24.8 Å². The molecule has 18 heavy (non-hydrogen) atoms. The number of nitrogens with zero attached hydrogens (tertiary/aromatic N) is 1. The fraction of sp³-hybridized carbons (Fsp3) is 0.571. The summed E-state index contributed by atoms with van der Waals surface area (Å²) in [5, 5.41) is 3.57. The quantitative estimate of drug-likeness (QED) is 0.900. The zero-order chi connectivity index (χ0) is 10.8. The summed E-state index contributed by atoms with van der Waals surface area (Å²) in [6.07, 6.45) is 2.84. The normalized spacial score (nSPS) is 21.6. The van der Waals surface area contributed by atoms with Crippen LogP contribution in [0.4, 0.5) is 0 Å². The smallest absolute Gasteiger partial charge is 0.0234 e. The number of benzene rings is 1. The van der Waals surface area contributed by atoms with Crippen LogP contribution < -0.4 is 5.32 Å². The van der Waals surface area contributed by atoms with Gasteiger partial charge >= 0.3 is 0 Å². The lowest BCUT2D eigenvalue weighted by Gasteiger charge is -2.23. The second kappa shape index (κ2) is 6.76. The summed E-state index contributed by atoms with van der Waals surface area (Å²) in [6.45, 7) is 5.97. The van der Waals surface area contributed by atoms with Crippen molar-refractivity contribution in [2.45, 2.75) is 19.4 Å². The fourth-order valence-corrected chi connectivity index (χ4v) is 2.69. The van der Waals surface area contributed by atoms with Crippen molar-refractivity contribution in [3.8, 4) is 0 Å². The van der Waals surface area contributed by atoms with Crippen molar-refractivity contribution >= 4 is 24.8 Å². The van der Waals surface area contributed by atoms with E-state index in [1.165, 1.54) is 38.0 Å². The van der Waals surface area contributed by atoms with E-state index >= 15 is 0 Å². The lowest BCUT2D eigenvalue weighted by atomic mass is 10.1. The Balaban J connectivity index is 0.000000810. The van der Waals surface area contributed by atoms with E-state index in [1.54, 1.807) is 0 Å². The van der Waals surface area contributed by atoms with Gasteiger partial charge in [0.1, 0.15) is 0 Å². The van der Waals surface area contributed by atoms with Crippen molar-refractivity contribution in [3.05, 3.63) is 35.9 Å². The highest BCUT2D eigenvalue weighted by molar-refractivity contribution is 5.85. The van der Waals surface area contributed by atoms with Gasteiger partial charge in [-0.05, 0) is 23.8 Å². The van der Waals surface area contributed by atoms with E-state index in [-0.39, 0.29) is 24.8 Å². The third-order valence-electron chi connectivity index (χ3n) is 3.87.